The highest BCUT2D eigenvalue weighted by Gasteiger charge is 2.27. The molecular weight excluding hydrogens is 330 g/mol. The van der Waals surface area contributed by atoms with Gasteiger partial charge in [-0.1, -0.05) is 52.3 Å². The van der Waals surface area contributed by atoms with E-state index in [0.29, 0.717) is 0 Å². The molecule has 4 heteroatoms. The molecule has 2 aromatic carbocycles. The van der Waals surface area contributed by atoms with Crippen LogP contribution < -0.4 is 5.32 Å². The maximum atomic E-state index is 11.4. The molecule has 0 aliphatic carbocycles. The van der Waals surface area contributed by atoms with Crippen molar-refractivity contribution in [3.05, 3.63) is 76.8 Å². The molecule has 1 heterocycles. The van der Waals surface area contributed by atoms with Crippen LogP contribution in [-0.4, -0.2) is 12.1 Å². The predicted molar refractivity (Wildman–Crippen MR) is 86.0 cm³/mol. The molecule has 0 unspecified atom stereocenters. The zero-order valence-corrected chi connectivity index (χ0v) is 12.8. The number of hydrogen-bond donors (Lipinski definition) is 1. The average Bonchev–Trinajstić information content (AvgIpc) is 2.92. The fourth-order valence-electron chi connectivity index (χ4n) is 2.34. The Bertz CT molecular complexity index is 670. The minimum Gasteiger partial charge on any atom is -0.452 e. The molecular formula is C17H14BrNO2. The molecule has 0 amide bonds. The molecule has 0 spiro atoms. The Kier molecular flexibility index (Phi) is 4.06. The van der Waals surface area contributed by atoms with Crippen LogP contribution in [0.5, 0.6) is 0 Å². The van der Waals surface area contributed by atoms with Gasteiger partial charge in [0.25, 0.3) is 0 Å². The number of halogens is 1. The van der Waals surface area contributed by atoms with E-state index in [9.17, 15) is 4.79 Å². The first-order chi connectivity index (χ1) is 10.2. The van der Waals surface area contributed by atoms with Crippen LogP contribution in [0.2, 0.25) is 0 Å². The summed E-state index contributed by atoms with van der Waals surface area (Å²) in [6.45, 7) is 0. The van der Waals surface area contributed by atoms with Crippen molar-refractivity contribution in [2.45, 2.75) is 12.1 Å². The summed E-state index contributed by atoms with van der Waals surface area (Å²) in [7, 11) is 0. The van der Waals surface area contributed by atoms with Gasteiger partial charge in [-0.2, -0.15) is 0 Å². The van der Waals surface area contributed by atoms with Crippen LogP contribution >= 0.6 is 15.9 Å². The van der Waals surface area contributed by atoms with Gasteiger partial charge in [0.2, 0.25) is 0 Å². The first kappa shape index (κ1) is 13.9. The van der Waals surface area contributed by atoms with Crippen LogP contribution in [0.3, 0.4) is 0 Å². The van der Waals surface area contributed by atoms with Crippen LogP contribution in [0.25, 0.3) is 0 Å². The van der Waals surface area contributed by atoms with Crippen LogP contribution in [0.1, 0.15) is 11.6 Å². The molecule has 0 aromatic heterocycles. The van der Waals surface area contributed by atoms with Crippen LogP contribution in [0.15, 0.2) is 71.2 Å². The largest absolute Gasteiger partial charge is 0.452 e. The summed E-state index contributed by atoms with van der Waals surface area (Å²) in [5.41, 5.74) is 2.04. The van der Waals surface area contributed by atoms with Crippen molar-refractivity contribution in [1.29, 1.82) is 0 Å². The van der Waals surface area contributed by atoms with Crippen molar-refractivity contribution in [3.8, 4) is 0 Å². The SMILES string of the molecule is O=C1C=C[C@@H]([C@H](Nc2cccc(Br)c2)c2ccccc2)O1. The van der Waals surface area contributed by atoms with E-state index in [1.54, 1.807) is 6.08 Å². The fraction of sp³-hybridized carbons (Fsp3) is 0.118. The number of carbonyl (C=O) groups is 1. The summed E-state index contributed by atoms with van der Waals surface area (Å²) in [5, 5.41) is 3.44. The second-order valence-corrected chi connectivity index (χ2v) is 5.72. The van der Waals surface area contributed by atoms with Crippen LogP contribution in [0, 0.1) is 0 Å². The van der Waals surface area contributed by atoms with Gasteiger partial charge in [0.05, 0.1) is 6.04 Å². The first-order valence-electron chi connectivity index (χ1n) is 6.68. The van der Waals surface area contributed by atoms with Crippen molar-refractivity contribution < 1.29 is 9.53 Å². The molecule has 2 aromatic rings. The molecule has 0 radical (unpaired) electrons. The third-order valence-electron chi connectivity index (χ3n) is 3.31. The number of rotatable bonds is 4. The number of carbonyl (C=O) groups excluding carboxylic acids is 1. The van der Waals surface area contributed by atoms with Crippen molar-refractivity contribution in [1.82, 2.24) is 0 Å². The summed E-state index contributed by atoms with van der Waals surface area (Å²) >= 11 is 3.46. The number of hydrogen-bond acceptors (Lipinski definition) is 3. The van der Waals surface area contributed by atoms with Gasteiger partial charge in [0.1, 0.15) is 6.10 Å². The normalized spacial score (nSPS) is 18.3. The van der Waals surface area contributed by atoms with Crippen molar-refractivity contribution in [3.63, 3.8) is 0 Å². The summed E-state index contributed by atoms with van der Waals surface area (Å²) in [6.07, 6.45) is 2.97. The third-order valence-corrected chi connectivity index (χ3v) is 3.80. The molecule has 21 heavy (non-hydrogen) atoms. The van der Waals surface area contributed by atoms with Gasteiger partial charge in [-0.05, 0) is 29.8 Å². The molecule has 3 rings (SSSR count). The minimum atomic E-state index is -0.307. The van der Waals surface area contributed by atoms with E-state index in [-0.39, 0.29) is 18.1 Å². The number of ether oxygens (including phenoxy) is 1. The monoisotopic (exact) mass is 343 g/mol. The van der Waals surface area contributed by atoms with E-state index in [2.05, 4.69) is 21.2 Å². The van der Waals surface area contributed by atoms with E-state index in [1.165, 1.54) is 6.08 Å². The molecule has 2 atom stereocenters. The molecule has 0 fully saturated rings. The summed E-state index contributed by atoms with van der Waals surface area (Å²) in [4.78, 5) is 11.4. The van der Waals surface area contributed by atoms with Crippen LogP contribution in [0.4, 0.5) is 5.69 Å². The number of benzene rings is 2. The Labute approximate surface area is 131 Å². The standard InChI is InChI=1S/C17H14BrNO2/c18-13-7-4-8-14(11-13)19-17(12-5-2-1-3-6-12)15-9-10-16(20)21-15/h1-11,15,17,19H/t15-,17+/m0/s1. The lowest BCUT2D eigenvalue weighted by atomic mass is 10.0. The highest BCUT2D eigenvalue weighted by Crippen LogP contribution is 2.28. The van der Waals surface area contributed by atoms with E-state index in [4.69, 9.17) is 4.74 Å². The Balaban J connectivity index is 1.89. The van der Waals surface area contributed by atoms with Gasteiger partial charge in [0, 0.05) is 16.2 Å². The van der Waals surface area contributed by atoms with Gasteiger partial charge < -0.3 is 10.1 Å². The molecule has 0 saturated heterocycles. The number of esters is 1. The van der Waals surface area contributed by atoms with Crippen molar-refractivity contribution >= 4 is 27.6 Å². The Morgan fingerprint density at radius 1 is 1.10 bits per heavy atom. The first-order valence-corrected chi connectivity index (χ1v) is 7.47. The minimum absolute atomic E-state index is 0.122. The second kappa shape index (κ2) is 6.14. The number of nitrogens with one attached hydrogen (secondary N) is 1. The van der Waals surface area contributed by atoms with E-state index in [1.807, 2.05) is 54.6 Å². The Hall–Kier alpha value is -2.07. The number of anilines is 1. The van der Waals surface area contributed by atoms with Crippen LogP contribution in [-0.2, 0) is 9.53 Å². The fourth-order valence-corrected chi connectivity index (χ4v) is 2.74. The average molecular weight is 344 g/mol. The molecule has 1 N–H and O–H groups in total. The highest BCUT2D eigenvalue weighted by atomic mass is 79.9. The smallest absolute Gasteiger partial charge is 0.331 e. The Morgan fingerprint density at radius 3 is 2.57 bits per heavy atom. The Morgan fingerprint density at radius 2 is 1.90 bits per heavy atom. The maximum Gasteiger partial charge on any atom is 0.331 e. The lowest BCUT2D eigenvalue weighted by molar-refractivity contribution is -0.139. The lowest BCUT2D eigenvalue weighted by Gasteiger charge is -2.24. The zero-order chi connectivity index (χ0) is 14.7. The molecule has 0 bridgehead atoms. The molecule has 106 valence electrons. The van der Waals surface area contributed by atoms with E-state index < -0.39 is 0 Å². The predicted octanol–water partition coefficient (Wildman–Crippen LogP) is 4.08. The zero-order valence-electron chi connectivity index (χ0n) is 11.2. The number of cyclic esters (lactones) is 1. The molecule has 1 aliphatic rings. The van der Waals surface area contributed by atoms with Crippen molar-refractivity contribution in [2.24, 2.45) is 0 Å². The summed E-state index contributed by atoms with van der Waals surface area (Å²) < 4.78 is 6.35. The quantitative estimate of drug-likeness (QED) is 0.850. The summed E-state index contributed by atoms with van der Waals surface area (Å²) in [6, 6.07) is 17.8. The van der Waals surface area contributed by atoms with E-state index >= 15 is 0 Å². The topological polar surface area (TPSA) is 38.3 Å². The highest BCUT2D eigenvalue weighted by molar-refractivity contribution is 9.10. The van der Waals surface area contributed by atoms with Gasteiger partial charge in [-0.25, -0.2) is 4.79 Å². The van der Waals surface area contributed by atoms with Gasteiger partial charge >= 0.3 is 5.97 Å². The van der Waals surface area contributed by atoms with Gasteiger partial charge in [-0.15, -0.1) is 0 Å². The lowest BCUT2D eigenvalue weighted by Crippen LogP contribution is -2.25. The molecule has 1 aliphatic heterocycles. The van der Waals surface area contributed by atoms with Gasteiger partial charge in [0.15, 0.2) is 0 Å². The van der Waals surface area contributed by atoms with Gasteiger partial charge in [-0.3, -0.25) is 0 Å². The molecule has 0 saturated carbocycles. The second-order valence-electron chi connectivity index (χ2n) is 4.80. The van der Waals surface area contributed by atoms with E-state index in [0.717, 1.165) is 15.7 Å². The van der Waals surface area contributed by atoms with Crippen molar-refractivity contribution in [2.75, 3.05) is 5.32 Å². The summed E-state index contributed by atoms with van der Waals surface area (Å²) in [5.74, 6) is -0.294. The molecule has 3 nitrogen and oxygen atoms in total. The maximum absolute atomic E-state index is 11.4. The third kappa shape index (κ3) is 3.34.